The van der Waals surface area contributed by atoms with Crippen LogP contribution in [0.15, 0.2) is 21.7 Å². The molecule has 14 heteroatoms. The number of sulfonamides is 1. The number of carbonyl (C=O) groups excluding carboxylic acids is 1. The van der Waals surface area contributed by atoms with Crippen molar-refractivity contribution in [1.29, 1.82) is 0 Å². The summed E-state index contributed by atoms with van der Waals surface area (Å²) < 4.78 is 75.6. The number of hydrogen-bond donors (Lipinski definition) is 1. The van der Waals surface area contributed by atoms with Gasteiger partial charge in [0.2, 0.25) is 0 Å². The van der Waals surface area contributed by atoms with Gasteiger partial charge in [-0.2, -0.15) is 13.2 Å². The second kappa shape index (κ2) is 8.82. The maximum absolute atomic E-state index is 13.7. The minimum absolute atomic E-state index is 0.00707. The highest BCUT2D eigenvalue weighted by Crippen LogP contribution is 2.40. The highest BCUT2D eigenvalue weighted by molar-refractivity contribution is 7.92. The number of benzene rings is 1. The average molecular weight is 493 g/mol. The lowest BCUT2D eigenvalue weighted by Crippen LogP contribution is -2.56. The second-order valence-corrected chi connectivity index (χ2v) is 9.82. The molecule has 3 rings (SSSR count). The minimum atomic E-state index is -4.80. The third-order valence-electron chi connectivity index (χ3n) is 4.82. The van der Waals surface area contributed by atoms with Crippen LogP contribution in [0.3, 0.4) is 0 Å². The molecular weight excluding hydrogens is 471 g/mol. The van der Waals surface area contributed by atoms with E-state index in [0.717, 1.165) is 6.07 Å². The van der Waals surface area contributed by atoms with Gasteiger partial charge in [-0.15, -0.1) is 4.68 Å². The monoisotopic (exact) mass is 493 g/mol. The molecule has 10 nitrogen and oxygen atoms in total. The molecule has 0 bridgehead atoms. The van der Waals surface area contributed by atoms with Crippen LogP contribution < -0.4 is 15.7 Å². The molecule has 1 aromatic heterocycles. The van der Waals surface area contributed by atoms with Crippen LogP contribution in [0, 0.1) is 5.92 Å². The molecule has 0 aliphatic carbocycles. The number of carbonyl (C=O) groups is 1. The number of amides is 1. The molecule has 1 amide bonds. The normalized spacial score (nSPS) is 17.0. The van der Waals surface area contributed by atoms with E-state index in [1.54, 1.807) is 13.8 Å². The van der Waals surface area contributed by atoms with Gasteiger partial charge in [-0.1, -0.05) is 18.3 Å². The quantitative estimate of drug-likeness (QED) is 0.677. The predicted molar refractivity (Wildman–Crippen MR) is 111 cm³/mol. The minimum Gasteiger partial charge on any atom is -0.447 e. The van der Waals surface area contributed by atoms with E-state index in [1.807, 2.05) is 0 Å². The smallest absolute Gasteiger partial charge is 0.444 e. The zero-order valence-electron chi connectivity index (χ0n) is 17.9. The largest absolute Gasteiger partial charge is 0.447 e. The Morgan fingerprint density at radius 2 is 2.00 bits per heavy atom. The van der Waals surface area contributed by atoms with Gasteiger partial charge in [-0.05, 0) is 36.5 Å². The number of fused-ring (bicyclic) bond motifs is 1. The van der Waals surface area contributed by atoms with Crippen molar-refractivity contribution in [3.8, 4) is 0 Å². The van der Waals surface area contributed by atoms with Crippen molar-refractivity contribution in [3.63, 3.8) is 0 Å². The Morgan fingerprint density at radius 1 is 1.33 bits per heavy atom. The Morgan fingerprint density at radius 3 is 2.52 bits per heavy atom. The Labute approximate surface area is 185 Å². The SMILES string of the molecule is CC(C)COC(=O)N(n1c(=O)[nH]c2cc(C(F)(F)F)c(C3CCCO3)cc2c1=O)S(C)(=O)=O. The number of halogens is 3. The van der Waals surface area contributed by atoms with E-state index < -0.39 is 56.1 Å². The molecule has 1 aliphatic heterocycles. The van der Waals surface area contributed by atoms with Crippen LogP contribution in [-0.4, -0.2) is 43.6 Å². The van der Waals surface area contributed by atoms with Crippen LogP contribution in [-0.2, 0) is 25.7 Å². The van der Waals surface area contributed by atoms with E-state index >= 15 is 0 Å². The number of rotatable bonds is 5. The number of ether oxygens (including phenoxy) is 2. The van der Waals surface area contributed by atoms with E-state index in [9.17, 15) is 36.0 Å². The molecule has 1 unspecified atom stereocenters. The third kappa shape index (κ3) is 5.05. The lowest BCUT2D eigenvalue weighted by Gasteiger charge is -2.22. The molecule has 0 radical (unpaired) electrons. The number of nitrogens with zero attached hydrogens (tertiary/aromatic N) is 2. The van der Waals surface area contributed by atoms with Gasteiger partial charge in [0.25, 0.3) is 15.6 Å². The number of alkyl halides is 3. The summed E-state index contributed by atoms with van der Waals surface area (Å²) in [6, 6.07) is 1.50. The van der Waals surface area contributed by atoms with Crippen molar-refractivity contribution < 1.29 is 35.9 Å². The number of aromatic nitrogens is 2. The first kappa shape index (κ1) is 24.8. The van der Waals surface area contributed by atoms with Crippen molar-refractivity contribution in [3.05, 3.63) is 44.1 Å². The van der Waals surface area contributed by atoms with Gasteiger partial charge in [-0.25, -0.2) is 18.0 Å². The van der Waals surface area contributed by atoms with Crippen molar-refractivity contribution in [2.45, 2.75) is 39.0 Å². The molecular formula is C19H22F3N3O7S. The van der Waals surface area contributed by atoms with Crippen LogP contribution in [0.2, 0.25) is 0 Å². The summed E-state index contributed by atoms with van der Waals surface area (Å²) in [5.74, 6) is -0.184. The summed E-state index contributed by atoms with van der Waals surface area (Å²) >= 11 is 0. The van der Waals surface area contributed by atoms with E-state index in [0.29, 0.717) is 18.7 Å². The first-order valence-corrected chi connectivity index (χ1v) is 11.8. The summed E-state index contributed by atoms with van der Waals surface area (Å²) in [5, 5.41) is -0.432. The zero-order chi connectivity index (χ0) is 24.7. The second-order valence-electron chi connectivity index (χ2n) is 8.01. The third-order valence-corrected chi connectivity index (χ3v) is 5.76. The first-order valence-electron chi connectivity index (χ1n) is 9.91. The fourth-order valence-corrected chi connectivity index (χ4v) is 4.20. The van der Waals surface area contributed by atoms with Crippen molar-refractivity contribution in [1.82, 2.24) is 9.66 Å². The van der Waals surface area contributed by atoms with Crippen molar-refractivity contribution in [2.24, 2.45) is 5.92 Å². The Kier molecular flexibility index (Phi) is 6.62. The fourth-order valence-electron chi connectivity index (χ4n) is 3.43. The maximum Gasteiger partial charge on any atom is 0.444 e. The molecule has 1 aliphatic rings. The average Bonchev–Trinajstić information content (AvgIpc) is 3.21. The van der Waals surface area contributed by atoms with E-state index in [1.165, 1.54) is 0 Å². The lowest BCUT2D eigenvalue weighted by molar-refractivity contribution is -0.139. The predicted octanol–water partition coefficient (Wildman–Crippen LogP) is 2.25. The molecule has 2 aromatic rings. The molecule has 33 heavy (non-hydrogen) atoms. The zero-order valence-corrected chi connectivity index (χ0v) is 18.7. The standard InChI is InChI=1S/C19H22F3N3O7S/c1-10(2)9-32-18(28)25(33(3,29)30)24-16(26)12-7-11(15-5-4-6-31-15)13(19(20,21)22)8-14(12)23-17(24)27/h7-8,10,15H,4-6,9H2,1-3H3,(H,23,27). The van der Waals surface area contributed by atoms with Crippen LogP contribution in [0.5, 0.6) is 0 Å². The molecule has 0 saturated carbocycles. The number of H-pyrrole nitrogens is 1. The van der Waals surface area contributed by atoms with Crippen LogP contribution in [0.4, 0.5) is 18.0 Å². The van der Waals surface area contributed by atoms with Crippen molar-refractivity contribution in [2.75, 3.05) is 23.9 Å². The number of aromatic amines is 1. The van der Waals surface area contributed by atoms with Gasteiger partial charge < -0.3 is 14.5 Å². The van der Waals surface area contributed by atoms with E-state index in [-0.39, 0.29) is 40.2 Å². The van der Waals surface area contributed by atoms with Gasteiger partial charge in [0.05, 0.1) is 35.4 Å². The molecule has 2 heterocycles. The highest BCUT2D eigenvalue weighted by Gasteiger charge is 2.38. The Balaban J connectivity index is 2.28. The molecule has 182 valence electrons. The van der Waals surface area contributed by atoms with Gasteiger partial charge in [-0.3, -0.25) is 4.79 Å². The number of nitrogens with one attached hydrogen (secondary N) is 1. The van der Waals surface area contributed by atoms with Gasteiger partial charge in [0.15, 0.2) is 0 Å². The Bertz CT molecular complexity index is 1290. The van der Waals surface area contributed by atoms with Gasteiger partial charge in [0, 0.05) is 6.61 Å². The highest BCUT2D eigenvalue weighted by atomic mass is 32.2. The topological polar surface area (TPSA) is 128 Å². The molecule has 1 atom stereocenters. The van der Waals surface area contributed by atoms with Gasteiger partial charge >= 0.3 is 18.0 Å². The summed E-state index contributed by atoms with van der Waals surface area (Å²) in [4.78, 5) is 40.2. The number of hydrogen-bond acceptors (Lipinski definition) is 7. The molecule has 1 aromatic carbocycles. The lowest BCUT2D eigenvalue weighted by atomic mass is 9.97. The molecule has 1 fully saturated rings. The first-order chi connectivity index (χ1) is 15.2. The van der Waals surface area contributed by atoms with Crippen molar-refractivity contribution >= 4 is 27.0 Å². The van der Waals surface area contributed by atoms with E-state index in [2.05, 4.69) is 4.98 Å². The summed E-state index contributed by atoms with van der Waals surface area (Å²) in [6.07, 6.45) is -5.88. The van der Waals surface area contributed by atoms with Crippen LogP contribution in [0.1, 0.15) is 43.9 Å². The molecule has 0 spiro atoms. The molecule has 1 saturated heterocycles. The summed E-state index contributed by atoms with van der Waals surface area (Å²) in [6.45, 7) is 3.39. The van der Waals surface area contributed by atoms with Crippen LogP contribution >= 0.6 is 0 Å². The summed E-state index contributed by atoms with van der Waals surface area (Å²) in [7, 11) is -4.54. The Hall–Kier alpha value is -2.87. The molecule has 1 N–H and O–H groups in total. The fraction of sp³-hybridized carbons (Fsp3) is 0.526. The van der Waals surface area contributed by atoms with Crippen LogP contribution in [0.25, 0.3) is 10.9 Å². The maximum atomic E-state index is 13.7. The van der Waals surface area contributed by atoms with Gasteiger partial charge in [0.1, 0.15) is 0 Å². The summed E-state index contributed by atoms with van der Waals surface area (Å²) in [5.41, 5.74) is -4.63. The van der Waals surface area contributed by atoms with E-state index in [4.69, 9.17) is 9.47 Å².